The minimum absolute atomic E-state index is 0.0893. The molecule has 0 aliphatic rings. The Kier molecular flexibility index (Phi) is 8.49. The third-order valence-corrected chi connectivity index (χ3v) is 3.59. The first kappa shape index (κ1) is 17.1. The van der Waals surface area contributed by atoms with Crippen molar-refractivity contribution in [1.29, 1.82) is 0 Å². The van der Waals surface area contributed by atoms with Gasteiger partial charge in [-0.05, 0) is 31.9 Å². The van der Waals surface area contributed by atoms with E-state index in [0.29, 0.717) is 26.4 Å². The number of halogens is 1. The Morgan fingerprint density at radius 3 is 2.80 bits per heavy atom. The fraction of sp³-hybridized carbons (Fsp3) is 0.533. The van der Waals surface area contributed by atoms with Gasteiger partial charge in [0.1, 0.15) is 6.10 Å². The molecular formula is C15H22BrNO3. The van der Waals surface area contributed by atoms with E-state index in [2.05, 4.69) is 21.2 Å². The van der Waals surface area contributed by atoms with Crippen molar-refractivity contribution in [3.63, 3.8) is 0 Å². The normalized spacial score (nSPS) is 12.2. The summed E-state index contributed by atoms with van der Waals surface area (Å²) in [7, 11) is 0. The number of nitrogens with one attached hydrogen (secondary N) is 1. The lowest BCUT2D eigenvalue weighted by atomic mass is 10.1. The van der Waals surface area contributed by atoms with Gasteiger partial charge in [0.2, 0.25) is 5.91 Å². The Morgan fingerprint density at radius 2 is 2.10 bits per heavy atom. The lowest BCUT2D eigenvalue weighted by Gasteiger charge is -2.13. The molecule has 0 bridgehead atoms. The molecule has 112 valence electrons. The molecule has 0 aliphatic heterocycles. The molecule has 1 aromatic rings. The Hall–Kier alpha value is -0.910. The molecule has 4 nitrogen and oxygen atoms in total. The van der Waals surface area contributed by atoms with Crippen LogP contribution in [0.5, 0.6) is 0 Å². The average molecular weight is 344 g/mol. The van der Waals surface area contributed by atoms with Crippen molar-refractivity contribution in [3.05, 3.63) is 34.3 Å². The fourth-order valence-electron chi connectivity index (χ4n) is 1.67. The van der Waals surface area contributed by atoms with E-state index in [0.717, 1.165) is 10.9 Å². The maximum absolute atomic E-state index is 11.8. The summed E-state index contributed by atoms with van der Waals surface area (Å²) in [5.74, 6) is -0.0893. The first-order chi connectivity index (χ1) is 9.65. The number of rotatable bonds is 9. The molecule has 1 rings (SSSR count). The molecule has 1 unspecified atom stereocenters. The van der Waals surface area contributed by atoms with Gasteiger partial charge < -0.3 is 14.8 Å². The van der Waals surface area contributed by atoms with Gasteiger partial charge in [-0.1, -0.05) is 34.1 Å². The van der Waals surface area contributed by atoms with Crippen LogP contribution in [0, 0.1) is 0 Å². The summed E-state index contributed by atoms with van der Waals surface area (Å²) in [6.07, 6.45) is 0.341. The van der Waals surface area contributed by atoms with Crippen LogP contribution >= 0.6 is 15.9 Å². The van der Waals surface area contributed by atoms with Gasteiger partial charge in [0.05, 0.1) is 13.2 Å². The van der Waals surface area contributed by atoms with Crippen LogP contribution in [0.25, 0.3) is 0 Å². The molecule has 0 saturated heterocycles. The van der Waals surface area contributed by atoms with Crippen molar-refractivity contribution in [1.82, 2.24) is 5.32 Å². The molecule has 0 saturated carbocycles. The van der Waals surface area contributed by atoms with Crippen LogP contribution in [0.3, 0.4) is 0 Å². The zero-order chi connectivity index (χ0) is 14.8. The summed E-state index contributed by atoms with van der Waals surface area (Å²) < 4.78 is 11.6. The van der Waals surface area contributed by atoms with Crippen molar-refractivity contribution >= 4 is 21.8 Å². The van der Waals surface area contributed by atoms with Crippen molar-refractivity contribution in [3.8, 4) is 0 Å². The maximum atomic E-state index is 11.8. The first-order valence-corrected chi connectivity index (χ1v) is 7.65. The van der Waals surface area contributed by atoms with E-state index in [-0.39, 0.29) is 5.91 Å². The van der Waals surface area contributed by atoms with Crippen LogP contribution in [-0.4, -0.2) is 38.4 Å². The van der Waals surface area contributed by atoms with Crippen molar-refractivity contribution in [2.24, 2.45) is 0 Å². The number of amides is 1. The van der Waals surface area contributed by atoms with Gasteiger partial charge in [-0.3, -0.25) is 4.79 Å². The molecule has 0 heterocycles. The number of hydrogen-bond donors (Lipinski definition) is 1. The quantitative estimate of drug-likeness (QED) is 0.701. The standard InChI is InChI=1S/C15H22BrNO3/c1-3-19-10-11-20-12(2)15(18)17-9-8-13-6-4-5-7-14(13)16/h4-7,12H,3,8-11H2,1-2H3,(H,17,18). The van der Waals surface area contributed by atoms with Gasteiger partial charge >= 0.3 is 0 Å². The summed E-state index contributed by atoms with van der Waals surface area (Å²) in [6.45, 7) is 5.89. The van der Waals surface area contributed by atoms with E-state index in [1.54, 1.807) is 6.92 Å². The highest BCUT2D eigenvalue weighted by Gasteiger charge is 2.12. The molecule has 1 amide bonds. The zero-order valence-corrected chi connectivity index (χ0v) is 13.6. The number of carbonyl (C=O) groups excluding carboxylic acids is 1. The maximum Gasteiger partial charge on any atom is 0.248 e. The van der Waals surface area contributed by atoms with Gasteiger partial charge in [0, 0.05) is 17.6 Å². The van der Waals surface area contributed by atoms with Gasteiger partial charge in [-0.2, -0.15) is 0 Å². The Labute approximate surface area is 129 Å². The van der Waals surface area contributed by atoms with Crippen LogP contribution in [-0.2, 0) is 20.7 Å². The van der Waals surface area contributed by atoms with Crippen molar-refractivity contribution in [2.45, 2.75) is 26.4 Å². The Morgan fingerprint density at radius 1 is 1.35 bits per heavy atom. The van der Waals surface area contributed by atoms with E-state index in [1.165, 1.54) is 5.56 Å². The third-order valence-electron chi connectivity index (χ3n) is 2.82. The molecule has 0 aromatic heterocycles. The second-order valence-corrected chi connectivity index (χ2v) is 5.20. The highest BCUT2D eigenvalue weighted by Crippen LogP contribution is 2.15. The number of hydrogen-bond acceptors (Lipinski definition) is 3. The largest absolute Gasteiger partial charge is 0.379 e. The molecule has 0 aliphatic carbocycles. The minimum atomic E-state index is -0.449. The van der Waals surface area contributed by atoms with E-state index >= 15 is 0 Å². The van der Waals surface area contributed by atoms with Crippen LogP contribution in [0.4, 0.5) is 0 Å². The first-order valence-electron chi connectivity index (χ1n) is 6.85. The molecule has 1 atom stereocenters. The SMILES string of the molecule is CCOCCOC(C)C(=O)NCCc1ccccc1Br. The number of benzene rings is 1. The van der Waals surface area contributed by atoms with Gasteiger partial charge in [0.15, 0.2) is 0 Å². The lowest BCUT2D eigenvalue weighted by molar-refractivity contribution is -0.132. The summed E-state index contributed by atoms with van der Waals surface area (Å²) in [5, 5.41) is 2.87. The van der Waals surface area contributed by atoms with E-state index in [9.17, 15) is 4.79 Å². The zero-order valence-electron chi connectivity index (χ0n) is 12.0. The summed E-state index contributed by atoms with van der Waals surface area (Å²) in [5.41, 5.74) is 1.18. The van der Waals surface area contributed by atoms with E-state index in [1.807, 2.05) is 31.2 Å². The lowest BCUT2D eigenvalue weighted by Crippen LogP contribution is -2.36. The molecule has 1 aromatic carbocycles. The van der Waals surface area contributed by atoms with Crippen molar-refractivity contribution < 1.29 is 14.3 Å². The van der Waals surface area contributed by atoms with Gasteiger partial charge in [0.25, 0.3) is 0 Å². The van der Waals surface area contributed by atoms with Crippen molar-refractivity contribution in [2.75, 3.05) is 26.4 Å². The molecule has 5 heteroatoms. The Balaban J connectivity index is 2.21. The van der Waals surface area contributed by atoms with E-state index < -0.39 is 6.10 Å². The number of ether oxygens (including phenoxy) is 2. The average Bonchev–Trinajstić information content (AvgIpc) is 2.45. The third kappa shape index (κ3) is 6.50. The smallest absolute Gasteiger partial charge is 0.248 e. The van der Waals surface area contributed by atoms with Crippen LogP contribution in [0.15, 0.2) is 28.7 Å². The predicted molar refractivity (Wildman–Crippen MR) is 82.8 cm³/mol. The topological polar surface area (TPSA) is 47.6 Å². The summed E-state index contributed by atoms with van der Waals surface area (Å²) in [4.78, 5) is 11.8. The highest BCUT2D eigenvalue weighted by molar-refractivity contribution is 9.10. The second-order valence-electron chi connectivity index (χ2n) is 4.34. The second kappa shape index (κ2) is 9.91. The molecule has 0 fully saturated rings. The molecule has 1 N–H and O–H groups in total. The minimum Gasteiger partial charge on any atom is -0.379 e. The fourth-order valence-corrected chi connectivity index (χ4v) is 2.15. The summed E-state index contributed by atoms with van der Waals surface area (Å²) in [6, 6.07) is 8.00. The Bertz CT molecular complexity index is 412. The number of carbonyl (C=O) groups is 1. The van der Waals surface area contributed by atoms with Crippen LogP contribution in [0.1, 0.15) is 19.4 Å². The highest BCUT2D eigenvalue weighted by atomic mass is 79.9. The monoisotopic (exact) mass is 343 g/mol. The van der Waals surface area contributed by atoms with Gasteiger partial charge in [-0.15, -0.1) is 0 Å². The van der Waals surface area contributed by atoms with Crippen LogP contribution in [0.2, 0.25) is 0 Å². The van der Waals surface area contributed by atoms with E-state index in [4.69, 9.17) is 9.47 Å². The predicted octanol–water partition coefficient (Wildman–Crippen LogP) is 2.55. The van der Waals surface area contributed by atoms with Gasteiger partial charge in [-0.25, -0.2) is 0 Å². The molecule has 0 spiro atoms. The molecule has 20 heavy (non-hydrogen) atoms. The summed E-state index contributed by atoms with van der Waals surface area (Å²) >= 11 is 3.49. The molecule has 0 radical (unpaired) electrons. The molecular weight excluding hydrogens is 322 g/mol. The van der Waals surface area contributed by atoms with Crippen LogP contribution < -0.4 is 5.32 Å².